The highest BCUT2D eigenvalue weighted by atomic mass is 35.5. The van der Waals surface area contributed by atoms with Crippen LogP contribution in [0, 0.1) is 6.92 Å². The number of hydrogen-bond acceptors (Lipinski definition) is 3. The van der Waals surface area contributed by atoms with Gasteiger partial charge in [0.1, 0.15) is 5.82 Å². The number of aryl methyl sites for hydroxylation is 1. The van der Waals surface area contributed by atoms with Crippen LogP contribution in [0.25, 0.3) is 0 Å². The standard InChI is InChI=1S/C24H26ClN3O2/c1-18-8-10-19(11-9-18)24(29)28(16-21-6-4-14-30-21)17-23-26-12-13-27(23)15-20-5-2-3-7-22(20)25/h2-3,5,7-13,21H,4,6,14-17H2,1H3. The molecule has 0 N–H and O–H groups in total. The number of rotatable bonds is 7. The topological polar surface area (TPSA) is 47.4 Å². The lowest BCUT2D eigenvalue weighted by atomic mass is 10.1. The van der Waals surface area contributed by atoms with E-state index in [2.05, 4.69) is 4.98 Å². The Morgan fingerprint density at radius 2 is 2.03 bits per heavy atom. The zero-order chi connectivity index (χ0) is 20.9. The SMILES string of the molecule is Cc1ccc(C(=O)N(Cc2nccn2Cc2ccccc2Cl)CC2CCCO2)cc1. The Bertz CT molecular complexity index is 994. The highest BCUT2D eigenvalue weighted by Crippen LogP contribution is 2.20. The van der Waals surface area contributed by atoms with Gasteiger partial charge in [-0.3, -0.25) is 4.79 Å². The molecule has 1 saturated heterocycles. The van der Waals surface area contributed by atoms with Crippen LogP contribution in [-0.4, -0.2) is 39.6 Å². The molecule has 1 aliphatic heterocycles. The van der Waals surface area contributed by atoms with Crippen LogP contribution in [0.3, 0.4) is 0 Å². The van der Waals surface area contributed by atoms with E-state index in [0.717, 1.165) is 41.4 Å². The molecule has 1 aliphatic rings. The minimum atomic E-state index is -0.00204. The first kappa shape index (κ1) is 20.6. The number of hydrogen-bond donors (Lipinski definition) is 0. The van der Waals surface area contributed by atoms with E-state index >= 15 is 0 Å². The third-order valence-electron chi connectivity index (χ3n) is 5.47. The molecule has 2 aromatic carbocycles. The fourth-order valence-electron chi connectivity index (χ4n) is 3.75. The maximum Gasteiger partial charge on any atom is 0.254 e. The van der Waals surface area contributed by atoms with Crippen LogP contribution in [0.2, 0.25) is 5.02 Å². The second kappa shape index (κ2) is 9.45. The summed E-state index contributed by atoms with van der Waals surface area (Å²) in [7, 11) is 0. The number of imidazole rings is 1. The van der Waals surface area contributed by atoms with Crippen molar-refractivity contribution < 1.29 is 9.53 Å². The summed E-state index contributed by atoms with van der Waals surface area (Å²) in [6.07, 6.45) is 5.79. The van der Waals surface area contributed by atoms with Gasteiger partial charge in [0, 0.05) is 36.1 Å². The predicted octanol–water partition coefficient (Wildman–Crippen LogP) is 4.71. The van der Waals surface area contributed by atoms with Crippen molar-refractivity contribution in [2.24, 2.45) is 0 Å². The first-order valence-electron chi connectivity index (χ1n) is 10.3. The maximum atomic E-state index is 13.3. The van der Waals surface area contributed by atoms with Gasteiger partial charge in [0.05, 0.1) is 19.2 Å². The van der Waals surface area contributed by atoms with Crippen LogP contribution in [0.15, 0.2) is 60.9 Å². The van der Waals surface area contributed by atoms with Gasteiger partial charge in [-0.2, -0.15) is 0 Å². The number of aromatic nitrogens is 2. The molecule has 0 spiro atoms. The Kier molecular flexibility index (Phi) is 6.50. The van der Waals surface area contributed by atoms with Crippen molar-refractivity contribution in [3.05, 3.63) is 88.5 Å². The number of carbonyl (C=O) groups excluding carboxylic acids is 1. The summed E-state index contributed by atoms with van der Waals surface area (Å²) in [6.45, 7) is 4.37. The highest BCUT2D eigenvalue weighted by Gasteiger charge is 2.25. The summed E-state index contributed by atoms with van der Waals surface area (Å²) >= 11 is 6.34. The molecule has 1 unspecified atom stereocenters. The van der Waals surface area contributed by atoms with Gasteiger partial charge in [0.15, 0.2) is 0 Å². The van der Waals surface area contributed by atoms with Gasteiger partial charge in [-0.25, -0.2) is 4.98 Å². The fraction of sp³-hybridized carbons (Fsp3) is 0.333. The molecule has 1 atom stereocenters. The average molecular weight is 424 g/mol. The van der Waals surface area contributed by atoms with Gasteiger partial charge in [-0.05, 0) is 43.5 Å². The van der Waals surface area contributed by atoms with Crippen LogP contribution >= 0.6 is 11.6 Å². The van der Waals surface area contributed by atoms with Gasteiger partial charge < -0.3 is 14.2 Å². The minimum Gasteiger partial charge on any atom is -0.376 e. The molecule has 156 valence electrons. The quantitative estimate of drug-likeness (QED) is 0.552. The van der Waals surface area contributed by atoms with Crippen LogP contribution < -0.4 is 0 Å². The molecule has 6 heteroatoms. The molecule has 0 aliphatic carbocycles. The molecule has 1 amide bonds. The molecule has 2 heterocycles. The highest BCUT2D eigenvalue weighted by molar-refractivity contribution is 6.31. The Hall–Kier alpha value is -2.63. The lowest BCUT2D eigenvalue weighted by molar-refractivity contribution is 0.0499. The normalized spacial score (nSPS) is 16.0. The smallest absolute Gasteiger partial charge is 0.254 e. The van der Waals surface area contributed by atoms with Crippen molar-refractivity contribution in [3.63, 3.8) is 0 Å². The van der Waals surface area contributed by atoms with Crippen molar-refractivity contribution in [1.82, 2.24) is 14.5 Å². The number of ether oxygens (including phenoxy) is 1. The summed E-state index contributed by atoms with van der Waals surface area (Å²) in [5.74, 6) is 0.825. The van der Waals surface area contributed by atoms with E-state index in [1.807, 2.05) is 71.1 Å². The number of halogens is 1. The van der Waals surface area contributed by atoms with E-state index in [0.29, 0.717) is 25.2 Å². The number of benzene rings is 2. The van der Waals surface area contributed by atoms with E-state index in [9.17, 15) is 4.79 Å². The lowest BCUT2D eigenvalue weighted by Gasteiger charge is -2.26. The van der Waals surface area contributed by atoms with Gasteiger partial charge >= 0.3 is 0 Å². The second-order valence-corrected chi connectivity index (χ2v) is 8.16. The van der Waals surface area contributed by atoms with Crippen LogP contribution in [0.1, 0.15) is 40.2 Å². The number of nitrogens with zero attached hydrogens (tertiary/aromatic N) is 3. The van der Waals surface area contributed by atoms with E-state index < -0.39 is 0 Å². The third-order valence-corrected chi connectivity index (χ3v) is 5.83. The third kappa shape index (κ3) is 4.91. The molecular formula is C24H26ClN3O2. The summed E-state index contributed by atoms with van der Waals surface area (Å²) in [5, 5.41) is 0.726. The molecule has 0 bridgehead atoms. The molecule has 0 saturated carbocycles. The Balaban J connectivity index is 1.56. The molecular weight excluding hydrogens is 398 g/mol. The molecule has 1 fully saturated rings. The average Bonchev–Trinajstić information content (AvgIpc) is 3.42. The summed E-state index contributed by atoms with van der Waals surface area (Å²) in [6, 6.07) is 15.5. The maximum absolute atomic E-state index is 13.3. The van der Waals surface area contributed by atoms with Gasteiger partial charge in [0.25, 0.3) is 5.91 Å². The van der Waals surface area contributed by atoms with Crippen molar-refractivity contribution in [3.8, 4) is 0 Å². The van der Waals surface area contributed by atoms with Crippen molar-refractivity contribution in [1.29, 1.82) is 0 Å². The number of carbonyl (C=O) groups is 1. The largest absolute Gasteiger partial charge is 0.376 e. The molecule has 1 aromatic heterocycles. The van der Waals surface area contributed by atoms with Crippen LogP contribution in [0.5, 0.6) is 0 Å². The van der Waals surface area contributed by atoms with Gasteiger partial charge in [0.2, 0.25) is 0 Å². The Morgan fingerprint density at radius 1 is 1.23 bits per heavy atom. The first-order valence-corrected chi connectivity index (χ1v) is 10.7. The minimum absolute atomic E-state index is 0.00204. The predicted molar refractivity (Wildman–Crippen MR) is 118 cm³/mol. The number of amides is 1. The summed E-state index contributed by atoms with van der Waals surface area (Å²) in [5.41, 5.74) is 2.84. The zero-order valence-electron chi connectivity index (χ0n) is 17.1. The summed E-state index contributed by atoms with van der Waals surface area (Å²) < 4.78 is 7.86. The van der Waals surface area contributed by atoms with E-state index in [1.54, 1.807) is 6.20 Å². The van der Waals surface area contributed by atoms with Gasteiger partial charge in [-0.15, -0.1) is 0 Å². The fourth-order valence-corrected chi connectivity index (χ4v) is 3.94. The van der Waals surface area contributed by atoms with Crippen LogP contribution in [0.4, 0.5) is 0 Å². The first-order chi connectivity index (χ1) is 14.6. The molecule has 3 aromatic rings. The van der Waals surface area contributed by atoms with E-state index in [1.165, 1.54) is 0 Å². The second-order valence-electron chi connectivity index (χ2n) is 7.75. The van der Waals surface area contributed by atoms with Crippen molar-refractivity contribution >= 4 is 17.5 Å². The van der Waals surface area contributed by atoms with E-state index in [4.69, 9.17) is 16.3 Å². The van der Waals surface area contributed by atoms with Crippen molar-refractivity contribution in [2.75, 3.05) is 13.2 Å². The summed E-state index contributed by atoms with van der Waals surface area (Å²) in [4.78, 5) is 19.7. The van der Waals surface area contributed by atoms with Crippen molar-refractivity contribution in [2.45, 2.75) is 39.0 Å². The molecule has 4 rings (SSSR count). The molecule has 30 heavy (non-hydrogen) atoms. The van der Waals surface area contributed by atoms with Crippen LogP contribution in [-0.2, 0) is 17.8 Å². The van der Waals surface area contributed by atoms with Gasteiger partial charge in [-0.1, -0.05) is 47.5 Å². The van der Waals surface area contributed by atoms with E-state index in [-0.39, 0.29) is 12.0 Å². The lowest BCUT2D eigenvalue weighted by Crippen LogP contribution is -2.37. The monoisotopic (exact) mass is 423 g/mol. The molecule has 0 radical (unpaired) electrons. The Morgan fingerprint density at radius 3 is 2.77 bits per heavy atom. The molecule has 5 nitrogen and oxygen atoms in total. The zero-order valence-corrected chi connectivity index (χ0v) is 17.9. The Labute approximate surface area is 182 Å².